The highest BCUT2D eigenvalue weighted by Gasteiger charge is 2.26. The van der Waals surface area contributed by atoms with Crippen LogP contribution in [0.4, 0.5) is 0 Å². The largest absolute Gasteiger partial charge is 0.356 e. The molecule has 0 aromatic heterocycles. The van der Waals surface area contributed by atoms with Gasteiger partial charge in [0.25, 0.3) is 0 Å². The normalized spacial score (nSPS) is 23.0. The number of rotatable bonds is 7. The van der Waals surface area contributed by atoms with Crippen LogP contribution in [-0.4, -0.2) is 65.2 Å². The summed E-state index contributed by atoms with van der Waals surface area (Å²) in [4.78, 5) is 17.8. The molecule has 0 bridgehead atoms. The van der Waals surface area contributed by atoms with E-state index < -0.39 is 10.8 Å². The van der Waals surface area contributed by atoms with Crippen LogP contribution in [0.3, 0.4) is 0 Å². The van der Waals surface area contributed by atoms with Gasteiger partial charge in [0.15, 0.2) is 5.96 Å². The summed E-state index contributed by atoms with van der Waals surface area (Å²) in [5.74, 6) is 1.88. The Morgan fingerprint density at radius 3 is 2.62 bits per heavy atom. The molecule has 1 saturated carbocycles. The second kappa shape index (κ2) is 10.7. The van der Waals surface area contributed by atoms with Crippen LogP contribution in [0.25, 0.3) is 0 Å². The van der Waals surface area contributed by atoms with Gasteiger partial charge >= 0.3 is 0 Å². The van der Waals surface area contributed by atoms with Crippen molar-refractivity contribution in [2.75, 3.05) is 32.9 Å². The van der Waals surface area contributed by atoms with Crippen molar-refractivity contribution in [1.82, 2.24) is 15.5 Å². The molecule has 0 heterocycles. The van der Waals surface area contributed by atoms with Crippen LogP contribution in [0, 0.1) is 5.92 Å². The molecule has 7 heteroatoms. The van der Waals surface area contributed by atoms with Crippen LogP contribution in [0.15, 0.2) is 4.99 Å². The third kappa shape index (κ3) is 7.64. The fraction of sp³-hybridized carbons (Fsp3) is 0.882. The first-order chi connectivity index (χ1) is 11.3. The van der Waals surface area contributed by atoms with Crippen molar-refractivity contribution in [3.8, 4) is 0 Å². The number of hydrogen-bond donors (Lipinski definition) is 2. The summed E-state index contributed by atoms with van der Waals surface area (Å²) in [6, 6.07) is 0.270. The van der Waals surface area contributed by atoms with E-state index in [0.717, 1.165) is 38.0 Å². The van der Waals surface area contributed by atoms with E-state index in [0.29, 0.717) is 11.9 Å². The van der Waals surface area contributed by atoms with Crippen LogP contribution in [0.5, 0.6) is 0 Å². The molecule has 0 aromatic carbocycles. The molecule has 1 aliphatic rings. The lowest BCUT2D eigenvalue weighted by molar-refractivity contribution is -0.127. The quantitative estimate of drug-likeness (QED) is 0.532. The lowest BCUT2D eigenvalue weighted by Crippen LogP contribution is -2.47. The smallest absolute Gasteiger partial charge is 0.243 e. The molecule has 3 atom stereocenters. The number of carbonyl (C=O) groups is 1. The highest BCUT2D eigenvalue weighted by Crippen LogP contribution is 2.22. The van der Waals surface area contributed by atoms with E-state index in [1.807, 2.05) is 6.92 Å². The van der Waals surface area contributed by atoms with Gasteiger partial charge < -0.3 is 15.5 Å². The third-order valence-corrected chi connectivity index (χ3v) is 5.91. The second-order valence-corrected chi connectivity index (χ2v) is 9.03. The van der Waals surface area contributed by atoms with Crippen molar-refractivity contribution in [3.63, 3.8) is 0 Å². The van der Waals surface area contributed by atoms with Gasteiger partial charge in [0.1, 0.15) is 6.54 Å². The van der Waals surface area contributed by atoms with Crippen LogP contribution in [-0.2, 0) is 15.6 Å². The number of nitrogens with one attached hydrogen (secondary N) is 2. The SMILES string of the molecule is CCS(=O)C1CCCC(NC(=NCC(=O)N(C)C)NCC(C)C)C1. The lowest BCUT2D eigenvalue weighted by atomic mass is 9.95. The predicted molar refractivity (Wildman–Crippen MR) is 102 cm³/mol. The number of hydrogen-bond acceptors (Lipinski definition) is 3. The maximum absolute atomic E-state index is 12.1. The highest BCUT2D eigenvalue weighted by atomic mass is 32.2. The number of carbonyl (C=O) groups excluding carboxylic acids is 1. The average Bonchev–Trinajstić information content (AvgIpc) is 2.56. The summed E-state index contributed by atoms with van der Waals surface area (Å²) in [5, 5.41) is 7.03. The van der Waals surface area contributed by atoms with Gasteiger partial charge in [-0.2, -0.15) is 0 Å². The number of aliphatic imine (C=N–C) groups is 1. The van der Waals surface area contributed by atoms with Crippen molar-refractivity contribution in [2.24, 2.45) is 10.9 Å². The standard InChI is InChI=1S/C17H34N4O2S/c1-6-24(23)15-9-7-8-14(10-15)20-17(18-11-13(2)3)19-12-16(22)21(4)5/h13-15H,6-12H2,1-5H3,(H2,18,19,20). The first-order valence-corrected chi connectivity index (χ1v) is 10.3. The summed E-state index contributed by atoms with van der Waals surface area (Å²) < 4.78 is 12.1. The van der Waals surface area contributed by atoms with Crippen molar-refractivity contribution in [3.05, 3.63) is 0 Å². The minimum atomic E-state index is -0.738. The lowest BCUT2D eigenvalue weighted by Gasteiger charge is -2.30. The van der Waals surface area contributed by atoms with Crippen molar-refractivity contribution in [1.29, 1.82) is 0 Å². The first kappa shape index (κ1) is 20.9. The Morgan fingerprint density at radius 1 is 1.33 bits per heavy atom. The van der Waals surface area contributed by atoms with Crippen LogP contribution in [0.2, 0.25) is 0 Å². The molecule has 1 aliphatic carbocycles. The van der Waals surface area contributed by atoms with E-state index in [9.17, 15) is 9.00 Å². The maximum atomic E-state index is 12.1. The minimum absolute atomic E-state index is 0.0192. The zero-order chi connectivity index (χ0) is 18.1. The minimum Gasteiger partial charge on any atom is -0.356 e. The van der Waals surface area contributed by atoms with Crippen molar-refractivity contribution in [2.45, 2.75) is 57.7 Å². The Balaban J connectivity index is 2.67. The Kier molecular flexibility index (Phi) is 9.33. The number of guanidine groups is 1. The maximum Gasteiger partial charge on any atom is 0.243 e. The predicted octanol–water partition coefficient (Wildman–Crippen LogP) is 1.35. The number of likely N-dealkylation sites (N-methyl/N-ethyl adjacent to an activating group) is 1. The molecular formula is C17H34N4O2S. The second-order valence-electron chi connectivity index (χ2n) is 7.03. The van der Waals surface area contributed by atoms with Gasteiger partial charge in [0.2, 0.25) is 5.91 Å². The fourth-order valence-electron chi connectivity index (χ4n) is 2.69. The molecule has 1 fully saturated rings. The van der Waals surface area contributed by atoms with Crippen LogP contribution in [0.1, 0.15) is 46.5 Å². The molecule has 6 nitrogen and oxygen atoms in total. The van der Waals surface area contributed by atoms with E-state index in [2.05, 4.69) is 29.5 Å². The average molecular weight is 359 g/mol. The topological polar surface area (TPSA) is 73.8 Å². The molecule has 1 rings (SSSR count). The monoisotopic (exact) mass is 358 g/mol. The van der Waals surface area contributed by atoms with E-state index in [-0.39, 0.29) is 23.7 Å². The summed E-state index contributed by atoms with van der Waals surface area (Å²) >= 11 is 0. The molecule has 0 radical (unpaired) electrons. The summed E-state index contributed by atoms with van der Waals surface area (Å²) in [6.45, 7) is 7.20. The van der Waals surface area contributed by atoms with Gasteiger partial charge in [-0.1, -0.05) is 27.2 Å². The van der Waals surface area contributed by atoms with Gasteiger partial charge in [-0.05, 0) is 25.2 Å². The number of nitrogens with zero attached hydrogens (tertiary/aromatic N) is 2. The molecule has 24 heavy (non-hydrogen) atoms. The van der Waals surface area contributed by atoms with Crippen molar-refractivity contribution >= 4 is 22.7 Å². The molecule has 140 valence electrons. The van der Waals surface area contributed by atoms with Gasteiger partial charge in [-0.15, -0.1) is 0 Å². The summed E-state index contributed by atoms with van der Waals surface area (Å²) in [6.07, 6.45) is 4.09. The zero-order valence-electron chi connectivity index (χ0n) is 15.8. The van der Waals surface area contributed by atoms with Gasteiger partial charge in [0.05, 0.1) is 0 Å². The summed E-state index contributed by atoms with van der Waals surface area (Å²) in [7, 11) is 2.73. The third-order valence-electron chi connectivity index (χ3n) is 4.17. The Morgan fingerprint density at radius 2 is 2.04 bits per heavy atom. The van der Waals surface area contributed by atoms with Crippen LogP contribution >= 0.6 is 0 Å². The zero-order valence-corrected chi connectivity index (χ0v) is 16.6. The number of amides is 1. The Hall–Kier alpha value is -1.11. The van der Waals surface area contributed by atoms with Crippen LogP contribution < -0.4 is 10.6 Å². The Bertz CT molecular complexity index is 452. The van der Waals surface area contributed by atoms with E-state index >= 15 is 0 Å². The molecular weight excluding hydrogens is 324 g/mol. The molecule has 0 aromatic rings. The summed E-state index contributed by atoms with van der Waals surface area (Å²) in [5.41, 5.74) is 0. The molecule has 3 unspecified atom stereocenters. The van der Waals surface area contributed by atoms with E-state index in [1.54, 1.807) is 19.0 Å². The van der Waals surface area contributed by atoms with Crippen molar-refractivity contribution < 1.29 is 9.00 Å². The molecule has 2 N–H and O–H groups in total. The molecule has 0 aliphatic heterocycles. The highest BCUT2D eigenvalue weighted by molar-refractivity contribution is 7.85. The van der Waals surface area contributed by atoms with Gasteiger partial charge in [-0.3, -0.25) is 9.00 Å². The molecule has 0 spiro atoms. The first-order valence-electron chi connectivity index (χ1n) is 8.95. The van der Waals surface area contributed by atoms with Gasteiger partial charge in [-0.25, -0.2) is 4.99 Å². The molecule has 1 amide bonds. The van der Waals surface area contributed by atoms with Gasteiger partial charge in [0, 0.05) is 48.5 Å². The Labute approximate surface area is 149 Å². The fourth-order valence-corrected chi connectivity index (χ4v) is 4.03. The van der Waals surface area contributed by atoms with E-state index in [4.69, 9.17) is 0 Å². The van der Waals surface area contributed by atoms with E-state index in [1.165, 1.54) is 0 Å². The molecule has 0 saturated heterocycles.